The van der Waals surface area contributed by atoms with Crippen molar-refractivity contribution in [2.45, 2.75) is 18.9 Å². The lowest BCUT2D eigenvalue weighted by Crippen LogP contribution is -2.31. The molecule has 0 radical (unpaired) electrons. The van der Waals surface area contributed by atoms with E-state index in [0.717, 1.165) is 0 Å². The number of nitriles is 1. The van der Waals surface area contributed by atoms with E-state index in [4.69, 9.17) is 11.0 Å². The van der Waals surface area contributed by atoms with Gasteiger partial charge in [-0.15, -0.1) is 6.58 Å². The van der Waals surface area contributed by atoms with Gasteiger partial charge in [0.1, 0.15) is 12.6 Å². The average molecular weight is 168 g/mol. The van der Waals surface area contributed by atoms with E-state index in [2.05, 4.69) is 11.3 Å². The molecular weight excluding hydrogens is 156 g/mol. The van der Waals surface area contributed by atoms with Crippen molar-refractivity contribution in [2.75, 3.05) is 6.61 Å². The second kappa shape index (κ2) is 6.38. The Bertz CT molecular complexity index is 196. The summed E-state index contributed by atoms with van der Waals surface area (Å²) < 4.78 is 4.66. The van der Waals surface area contributed by atoms with Crippen LogP contribution in [0, 0.1) is 11.3 Å². The van der Waals surface area contributed by atoms with Crippen LogP contribution in [0.25, 0.3) is 0 Å². The Hall–Kier alpha value is -1.34. The largest absolute Gasteiger partial charge is 0.463 e. The number of carbonyl (C=O) groups excluding carboxylic acids is 1. The molecule has 0 heterocycles. The normalized spacial score (nSPS) is 11.3. The molecule has 0 aromatic heterocycles. The minimum atomic E-state index is -0.652. The maximum Gasteiger partial charge on any atom is 0.323 e. The molecule has 0 aliphatic rings. The fraction of sp³-hybridized carbons (Fsp3) is 0.500. The summed E-state index contributed by atoms with van der Waals surface area (Å²) in [5, 5.41) is 8.13. The third kappa shape index (κ3) is 4.47. The van der Waals surface area contributed by atoms with E-state index in [1.54, 1.807) is 6.08 Å². The van der Waals surface area contributed by atoms with Crippen molar-refractivity contribution in [1.82, 2.24) is 0 Å². The zero-order valence-corrected chi connectivity index (χ0v) is 6.82. The molecule has 0 aliphatic carbocycles. The maximum absolute atomic E-state index is 10.9. The van der Waals surface area contributed by atoms with E-state index in [0.29, 0.717) is 6.42 Å². The lowest BCUT2D eigenvalue weighted by atomic mass is 10.2. The Balaban J connectivity index is 3.58. The number of nitrogens with two attached hydrogens (primary N) is 1. The van der Waals surface area contributed by atoms with Gasteiger partial charge in [-0.1, -0.05) is 6.08 Å². The first-order valence-electron chi connectivity index (χ1n) is 3.62. The zero-order chi connectivity index (χ0) is 9.40. The average Bonchev–Trinajstić information content (AvgIpc) is 2.05. The molecular formula is C8H12N2O2. The van der Waals surface area contributed by atoms with Crippen LogP contribution in [0.5, 0.6) is 0 Å². The first-order chi connectivity index (χ1) is 5.72. The Morgan fingerprint density at radius 1 is 1.83 bits per heavy atom. The highest BCUT2D eigenvalue weighted by molar-refractivity contribution is 5.75. The second-order valence-electron chi connectivity index (χ2n) is 2.21. The first kappa shape index (κ1) is 10.7. The number of hydrogen-bond donors (Lipinski definition) is 1. The van der Waals surface area contributed by atoms with Crippen LogP contribution in [-0.4, -0.2) is 18.6 Å². The molecule has 4 heteroatoms. The van der Waals surface area contributed by atoms with Crippen LogP contribution < -0.4 is 5.73 Å². The molecule has 4 nitrogen and oxygen atoms in total. The minimum absolute atomic E-state index is 0.111. The van der Waals surface area contributed by atoms with Gasteiger partial charge in [0.25, 0.3) is 0 Å². The van der Waals surface area contributed by atoms with E-state index >= 15 is 0 Å². The summed E-state index contributed by atoms with van der Waals surface area (Å²) in [5.41, 5.74) is 5.38. The fourth-order valence-electron chi connectivity index (χ4n) is 0.580. The van der Waals surface area contributed by atoms with Crippen molar-refractivity contribution >= 4 is 5.97 Å². The van der Waals surface area contributed by atoms with Crippen LogP contribution in [0.3, 0.4) is 0 Å². The Kier molecular flexibility index (Phi) is 5.66. The topological polar surface area (TPSA) is 76.1 Å². The van der Waals surface area contributed by atoms with Crippen LogP contribution in [0.2, 0.25) is 0 Å². The van der Waals surface area contributed by atoms with Crippen LogP contribution in [0.4, 0.5) is 0 Å². The van der Waals surface area contributed by atoms with Crippen molar-refractivity contribution < 1.29 is 9.53 Å². The second-order valence-corrected chi connectivity index (χ2v) is 2.21. The number of esters is 1. The molecule has 66 valence electrons. The molecule has 0 aliphatic heterocycles. The van der Waals surface area contributed by atoms with E-state index in [9.17, 15) is 4.79 Å². The summed E-state index contributed by atoms with van der Waals surface area (Å²) in [4.78, 5) is 10.9. The van der Waals surface area contributed by atoms with Gasteiger partial charge in [-0.05, 0) is 6.42 Å². The number of ether oxygens (including phenoxy) is 1. The number of rotatable bonds is 5. The molecule has 0 fully saturated rings. The molecule has 0 bridgehead atoms. The molecule has 0 aromatic carbocycles. The molecule has 0 unspecified atom stereocenters. The van der Waals surface area contributed by atoms with E-state index < -0.39 is 12.0 Å². The number of carbonyl (C=O) groups is 1. The van der Waals surface area contributed by atoms with Gasteiger partial charge in [-0.2, -0.15) is 5.26 Å². The summed E-state index contributed by atoms with van der Waals surface area (Å²) in [7, 11) is 0. The smallest absolute Gasteiger partial charge is 0.323 e. The molecule has 0 aromatic rings. The van der Waals surface area contributed by atoms with Crippen LogP contribution in [0.15, 0.2) is 12.7 Å². The Morgan fingerprint density at radius 3 is 3.00 bits per heavy atom. The van der Waals surface area contributed by atoms with Crippen LogP contribution >= 0.6 is 0 Å². The summed E-state index contributed by atoms with van der Waals surface area (Å²) in [6.07, 6.45) is 2.15. The molecule has 0 rings (SSSR count). The van der Waals surface area contributed by atoms with Gasteiger partial charge in [0.05, 0.1) is 12.5 Å². The van der Waals surface area contributed by atoms with Crippen molar-refractivity contribution in [1.29, 1.82) is 5.26 Å². The summed E-state index contributed by atoms with van der Waals surface area (Å²) in [5.74, 6) is -0.481. The van der Waals surface area contributed by atoms with Gasteiger partial charge >= 0.3 is 5.97 Å². The van der Waals surface area contributed by atoms with Gasteiger partial charge in [0, 0.05) is 0 Å². The summed E-state index contributed by atoms with van der Waals surface area (Å²) >= 11 is 0. The standard InChI is InChI=1S/C8H12N2O2/c1-2-4-7(10)8(11)12-6-3-5-9/h2,7H,1,3-4,6,10H2/t7-/m0/s1. The predicted molar refractivity (Wildman–Crippen MR) is 44.0 cm³/mol. The van der Waals surface area contributed by atoms with Gasteiger partial charge in [0.15, 0.2) is 0 Å². The van der Waals surface area contributed by atoms with E-state index in [-0.39, 0.29) is 13.0 Å². The number of hydrogen-bond acceptors (Lipinski definition) is 4. The van der Waals surface area contributed by atoms with Gasteiger partial charge in [-0.25, -0.2) is 0 Å². The highest BCUT2D eigenvalue weighted by Gasteiger charge is 2.12. The Labute approximate surface area is 71.6 Å². The monoisotopic (exact) mass is 168 g/mol. The third-order valence-corrected chi connectivity index (χ3v) is 1.18. The van der Waals surface area contributed by atoms with Gasteiger partial charge in [0.2, 0.25) is 0 Å². The predicted octanol–water partition coefficient (Wildman–Crippen LogP) is 0.347. The van der Waals surface area contributed by atoms with Crippen molar-refractivity contribution in [2.24, 2.45) is 5.73 Å². The third-order valence-electron chi connectivity index (χ3n) is 1.18. The minimum Gasteiger partial charge on any atom is -0.463 e. The lowest BCUT2D eigenvalue weighted by Gasteiger charge is -2.07. The highest BCUT2D eigenvalue weighted by Crippen LogP contribution is 1.93. The Morgan fingerprint density at radius 2 is 2.50 bits per heavy atom. The molecule has 0 amide bonds. The molecule has 0 saturated carbocycles. The van der Waals surface area contributed by atoms with E-state index in [1.807, 2.05) is 6.07 Å². The molecule has 0 spiro atoms. The highest BCUT2D eigenvalue weighted by atomic mass is 16.5. The van der Waals surface area contributed by atoms with Crippen molar-refractivity contribution in [3.63, 3.8) is 0 Å². The van der Waals surface area contributed by atoms with E-state index in [1.165, 1.54) is 0 Å². The summed E-state index contributed by atoms with van der Waals surface area (Å²) in [6.45, 7) is 3.55. The fourth-order valence-corrected chi connectivity index (χ4v) is 0.580. The summed E-state index contributed by atoms with van der Waals surface area (Å²) in [6, 6.07) is 1.20. The van der Waals surface area contributed by atoms with Gasteiger partial charge in [-0.3, -0.25) is 4.79 Å². The molecule has 0 saturated heterocycles. The van der Waals surface area contributed by atoms with Crippen LogP contribution in [0.1, 0.15) is 12.8 Å². The first-order valence-corrected chi connectivity index (χ1v) is 3.62. The zero-order valence-electron chi connectivity index (χ0n) is 6.82. The van der Waals surface area contributed by atoms with Gasteiger partial charge < -0.3 is 10.5 Å². The maximum atomic E-state index is 10.9. The molecule has 12 heavy (non-hydrogen) atoms. The SMILES string of the molecule is C=CC[C@H](N)C(=O)OCCC#N. The number of nitrogens with zero attached hydrogens (tertiary/aromatic N) is 1. The van der Waals surface area contributed by atoms with Crippen LogP contribution in [-0.2, 0) is 9.53 Å². The molecule has 2 N–H and O–H groups in total. The van der Waals surface area contributed by atoms with Crippen molar-refractivity contribution in [3.05, 3.63) is 12.7 Å². The molecule has 1 atom stereocenters. The van der Waals surface area contributed by atoms with Crippen molar-refractivity contribution in [3.8, 4) is 6.07 Å². The lowest BCUT2D eigenvalue weighted by molar-refractivity contribution is -0.144. The quantitative estimate of drug-likeness (QED) is 0.365.